The highest BCUT2D eigenvalue weighted by Gasteiger charge is 2.32. The van der Waals surface area contributed by atoms with E-state index < -0.39 is 23.5 Å². The molecule has 10 nitrogen and oxygen atoms in total. The van der Waals surface area contributed by atoms with Crippen LogP contribution in [0.5, 0.6) is 11.8 Å². The quantitative estimate of drug-likeness (QED) is 0.0621. The van der Waals surface area contributed by atoms with Gasteiger partial charge in [-0.2, -0.15) is 36.3 Å². The van der Waals surface area contributed by atoms with Crippen LogP contribution in [-0.2, 0) is 12.4 Å². The Morgan fingerprint density at radius 2 is 0.931 bits per heavy atom. The fourth-order valence-corrected chi connectivity index (χ4v) is 7.12. The molecule has 2 aromatic heterocycles. The van der Waals surface area contributed by atoms with Crippen molar-refractivity contribution < 1.29 is 36.6 Å². The molecule has 2 aromatic carbocycles. The van der Waals surface area contributed by atoms with Crippen molar-refractivity contribution in [1.82, 2.24) is 29.7 Å². The Kier molecular flexibility index (Phi) is 19.7. The van der Waals surface area contributed by atoms with Gasteiger partial charge in [0.1, 0.15) is 0 Å². The monoisotopic (exact) mass is 892 g/mol. The molecule has 2 saturated heterocycles. The van der Waals surface area contributed by atoms with E-state index in [4.69, 9.17) is 0 Å². The van der Waals surface area contributed by atoms with Crippen LogP contribution >= 0.6 is 48.3 Å². The van der Waals surface area contributed by atoms with Gasteiger partial charge in [-0.15, -0.1) is 24.8 Å². The fraction of sp³-hybridized carbons (Fsp3) is 0.368. The average molecular weight is 894 g/mol. The molecule has 0 radical (unpaired) electrons. The molecule has 0 bridgehead atoms. The Morgan fingerprint density at radius 3 is 1.28 bits per heavy atom. The molecule has 316 valence electrons. The third-order valence-electron chi connectivity index (χ3n) is 8.74. The predicted molar refractivity (Wildman–Crippen MR) is 222 cm³/mol. The van der Waals surface area contributed by atoms with Gasteiger partial charge in [-0.3, -0.25) is 9.80 Å². The SMILES string of the molecule is Cl.Cl.Oc1ccnc(SCC=CCN2CCN(c3cccc(C(F)(F)F)c3)CC2)n1.Oc1ccnc(SCC=CCN2CCN(c3cccc(C(F)(F)F)c3)CC2)n1. The van der Waals surface area contributed by atoms with Gasteiger partial charge in [0, 0.05) is 113 Å². The smallest absolute Gasteiger partial charge is 0.416 e. The summed E-state index contributed by atoms with van der Waals surface area (Å²) < 4.78 is 77.2. The van der Waals surface area contributed by atoms with E-state index in [1.807, 2.05) is 22.0 Å². The van der Waals surface area contributed by atoms with Crippen molar-refractivity contribution in [1.29, 1.82) is 0 Å². The second kappa shape index (κ2) is 23.6. The standard InChI is InChI=1S/2C19H21F3N4OS.2ClH/c2*20-19(21,22)15-4-3-5-16(14-15)26-11-9-25(10-12-26)8-1-2-13-28-18-23-7-6-17(27)24-18;;/h2*1-7,14H,8-13H2,(H,23,24,27);2*1H. The molecular weight excluding hydrogens is 849 g/mol. The summed E-state index contributed by atoms with van der Waals surface area (Å²) in [5.41, 5.74) is 0.0206. The molecule has 2 N–H and O–H groups in total. The first-order valence-corrected chi connectivity index (χ1v) is 19.7. The Balaban J connectivity index is 0.000000300. The molecule has 4 heterocycles. The number of aromatic nitrogens is 4. The second-order valence-electron chi connectivity index (χ2n) is 12.6. The van der Waals surface area contributed by atoms with Crippen molar-refractivity contribution in [3.05, 3.63) is 108 Å². The molecular formula is C38H44Cl2F6N8O2S2. The zero-order valence-electron chi connectivity index (χ0n) is 31.1. The number of nitrogens with zero attached hydrogens (tertiary/aromatic N) is 8. The van der Waals surface area contributed by atoms with Crippen LogP contribution in [0.2, 0.25) is 0 Å². The lowest BCUT2D eigenvalue weighted by Gasteiger charge is -2.35. The van der Waals surface area contributed by atoms with Crippen LogP contribution in [0.1, 0.15) is 11.1 Å². The first-order valence-electron chi connectivity index (χ1n) is 17.7. The van der Waals surface area contributed by atoms with E-state index in [1.165, 1.54) is 72.3 Å². The van der Waals surface area contributed by atoms with E-state index in [9.17, 15) is 36.6 Å². The van der Waals surface area contributed by atoms with Gasteiger partial charge in [0.15, 0.2) is 10.3 Å². The highest BCUT2D eigenvalue weighted by Crippen LogP contribution is 2.33. The third kappa shape index (κ3) is 16.0. The van der Waals surface area contributed by atoms with E-state index in [0.29, 0.717) is 59.4 Å². The molecule has 58 heavy (non-hydrogen) atoms. The number of hydrogen-bond acceptors (Lipinski definition) is 12. The van der Waals surface area contributed by atoms with Gasteiger partial charge in [-0.25, -0.2) is 9.97 Å². The maximum atomic E-state index is 12.9. The van der Waals surface area contributed by atoms with Crippen LogP contribution in [0, 0.1) is 0 Å². The molecule has 0 saturated carbocycles. The number of benzene rings is 2. The largest absolute Gasteiger partial charge is 0.493 e. The summed E-state index contributed by atoms with van der Waals surface area (Å²) in [5.74, 6) is 1.32. The third-order valence-corrected chi connectivity index (χ3v) is 10.4. The Bertz CT molecular complexity index is 1760. The lowest BCUT2D eigenvalue weighted by Crippen LogP contribution is -2.46. The number of alkyl halides is 6. The van der Waals surface area contributed by atoms with E-state index in [1.54, 1.807) is 12.1 Å². The van der Waals surface area contributed by atoms with Crippen LogP contribution in [0.3, 0.4) is 0 Å². The van der Waals surface area contributed by atoms with Gasteiger partial charge in [-0.1, -0.05) is 60.0 Å². The lowest BCUT2D eigenvalue weighted by atomic mass is 10.1. The summed E-state index contributed by atoms with van der Waals surface area (Å²) in [7, 11) is 0. The summed E-state index contributed by atoms with van der Waals surface area (Å²) >= 11 is 2.87. The van der Waals surface area contributed by atoms with Gasteiger partial charge >= 0.3 is 12.4 Å². The molecule has 2 fully saturated rings. The van der Waals surface area contributed by atoms with Gasteiger partial charge in [0.05, 0.1) is 11.1 Å². The maximum absolute atomic E-state index is 12.9. The van der Waals surface area contributed by atoms with Crippen LogP contribution in [-0.4, -0.2) is 117 Å². The minimum Gasteiger partial charge on any atom is -0.493 e. The van der Waals surface area contributed by atoms with Crippen molar-refractivity contribution in [2.45, 2.75) is 22.7 Å². The summed E-state index contributed by atoms with van der Waals surface area (Å²) in [6.07, 6.45) is 2.57. The topological polar surface area (TPSA) is 105 Å². The Morgan fingerprint density at radius 1 is 0.552 bits per heavy atom. The van der Waals surface area contributed by atoms with E-state index in [2.05, 4.69) is 41.9 Å². The van der Waals surface area contributed by atoms with Crippen LogP contribution in [0.25, 0.3) is 0 Å². The lowest BCUT2D eigenvalue weighted by molar-refractivity contribution is -0.138. The fourth-order valence-electron chi connectivity index (χ4n) is 5.77. The highest BCUT2D eigenvalue weighted by molar-refractivity contribution is 7.99. The minimum absolute atomic E-state index is 0. The van der Waals surface area contributed by atoms with Crippen molar-refractivity contribution in [2.24, 2.45) is 0 Å². The van der Waals surface area contributed by atoms with Gasteiger partial charge in [0.2, 0.25) is 11.8 Å². The molecule has 0 spiro atoms. The van der Waals surface area contributed by atoms with Crippen molar-refractivity contribution in [3.8, 4) is 11.8 Å². The summed E-state index contributed by atoms with van der Waals surface area (Å²) in [4.78, 5) is 24.4. The minimum atomic E-state index is -4.32. The molecule has 4 aromatic rings. The zero-order chi connectivity index (χ0) is 40.0. The summed E-state index contributed by atoms with van der Waals surface area (Å²) in [6.45, 7) is 7.54. The molecule has 20 heteroatoms. The average Bonchev–Trinajstić information content (AvgIpc) is 3.18. The van der Waals surface area contributed by atoms with Gasteiger partial charge in [0.25, 0.3) is 0 Å². The van der Waals surface area contributed by atoms with Crippen LogP contribution in [0.4, 0.5) is 37.7 Å². The van der Waals surface area contributed by atoms with E-state index in [-0.39, 0.29) is 36.6 Å². The van der Waals surface area contributed by atoms with Gasteiger partial charge in [-0.05, 0) is 36.4 Å². The molecule has 2 aliphatic rings. The van der Waals surface area contributed by atoms with E-state index >= 15 is 0 Å². The molecule has 6 rings (SSSR count). The van der Waals surface area contributed by atoms with Crippen LogP contribution in [0.15, 0.2) is 108 Å². The van der Waals surface area contributed by atoms with E-state index in [0.717, 1.165) is 51.4 Å². The highest BCUT2D eigenvalue weighted by atomic mass is 35.5. The Hall–Kier alpha value is -3.94. The number of halogens is 8. The summed E-state index contributed by atoms with van der Waals surface area (Å²) in [5, 5.41) is 19.6. The Labute approximate surface area is 354 Å². The molecule has 0 atom stereocenters. The van der Waals surface area contributed by atoms with Gasteiger partial charge < -0.3 is 20.0 Å². The number of piperazine rings is 2. The molecule has 2 aliphatic heterocycles. The molecule has 0 aliphatic carbocycles. The predicted octanol–water partition coefficient (Wildman–Crippen LogP) is 8.19. The molecule has 0 amide bonds. The number of hydrogen-bond donors (Lipinski definition) is 2. The van der Waals surface area contributed by atoms with Crippen molar-refractivity contribution >= 4 is 59.7 Å². The number of thioether (sulfide) groups is 2. The zero-order valence-corrected chi connectivity index (χ0v) is 34.4. The first kappa shape index (κ1) is 48.4. The van der Waals surface area contributed by atoms with Crippen molar-refractivity contribution in [3.63, 3.8) is 0 Å². The summed E-state index contributed by atoms with van der Waals surface area (Å²) in [6, 6.07) is 13.9. The first-order chi connectivity index (χ1) is 26.8. The number of aromatic hydroxyl groups is 2. The van der Waals surface area contributed by atoms with Crippen LogP contribution < -0.4 is 9.80 Å². The maximum Gasteiger partial charge on any atom is 0.416 e. The number of rotatable bonds is 12. The molecule has 0 unspecified atom stereocenters. The normalized spacial score (nSPS) is 15.5. The number of anilines is 2. The second-order valence-corrected chi connectivity index (χ2v) is 14.6. The van der Waals surface area contributed by atoms with Crippen molar-refractivity contribution in [2.75, 3.05) is 86.8 Å².